The quantitative estimate of drug-likeness (QED) is 0.854. The Balaban J connectivity index is 2.09. The topological polar surface area (TPSA) is 42.2 Å². The maximum absolute atomic E-state index is 12.4. The van der Waals surface area contributed by atoms with Gasteiger partial charge in [0.1, 0.15) is 11.5 Å². The molecule has 1 atom stereocenters. The van der Waals surface area contributed by atoms with Gasteiger partial charge in [-0.25, -0.2) is 0 Å². The summed E-state index contributed by atoms with van der Waals surface area (Å²) in [5, 5.41) is 3.00. The molecule has 1 heterocycles. The molecule has 0 saturated heterocycles. The molecule has 0 saturated carbocycles. The molecule has 1 unspecified atom stereocenters. The van der Waals surface area contributed by atoms with Gasteiger partial charge in [0.25, 0.3) is 5.91 Å². The molecule has 1 amide bonds. The van der Waals surface area contributed by atoms with Gasteiger partial charge < -0.3 is 9.73 Å². The van der Waals surface area contributed by atoms with Gasteiger partial charge in [-0.2, -0.15) is 0 Å². The number of carbonyl (C=O) groups excluding carboxylic acids is 1. The molecular formula is C17H20ClNO2. The molecule has 1 aromatic heterocycles. The lowest BCUT2D eigenvalue weighted by molar-refractivity contribution is 0.0938. The first-order valence-electron chi connectivity index (χ1n) is 7.00. The highest BCUT2D eigenvalue weighted by Crippen LogP contribution is 2.20. The zero-order valence-electron chi connectivity index (χ0n) is 12.6. The Bertz CT molecular complexity index is 619. The smallest absolute Gasteiger partial charge is 0.255 e. The summed E-state index contributed by atoms with van der Waals surface area (Å²) in [6.07, 6.45) is 0.713. The van der Waals surface area contributed by atoms with E-state index < -0.39 is 0 Å². The summed E-state index contributed by atoms with van der Waals surface area (Å²) in [6.45, 7) is 5.57. The Morgan fingerprint density at radius 1 is 1.19 bits per heavy atom. The van der Waals surface area contributed by atoms with Gasteiger partial charge in [-0.1, -0.05) is 30.3 Å². The van der Waals surface area contributed by atoms with Crippen LogP contribution in [0.4, 0.5) is 0 Å². The average molecular weight is 306 g/mol. The molecule has 1 N–H and O–H groups in total. The van der Waals surface area contributed by atoms with Crippen LogP contribution in [0.2, 0.25) is 0 Å². The lowest BCUT2D eigenvalue weighted by Gasteiger charge is -2.16. The number of rotatable bonds is 5. The van der Waals surface area contributed by atoms with Crippen molar-refractivity contribution in [1.29, 1.82) is 0 Å². The Hall–Kier alpha value is -1.74. The lowest BCUT2D eigenvalue weighted by atomic mass is 10.1. The van der Waals surface area contributed by atoms with Crippen molar-refractivity contribution in [2.75, 3.05) is 5.88 Å². The van der Waals surface area contributed by atoms with Gasteiger partial charge in [0.2, 0.25) is 0 Å². The fourth-order valence-electron chi connectivity index (χ4n) is 2.43. The minimum absolute atomic E-state index is 0.101. The molecule has 21 heavy (non-hydrogen) atoms. The third kappa shape index (κ3) is 3.67. The van der Waals surface area contributed by atoms with Gasteiger partial charge in [-0.3, -0.25) is 4.79 Å². The Kier molecular flexibility index (Phi) is 5.07. The molecule has 0 fully saturated rings. The minimum atomic E-state index is -0.122. The molecule has 0 aliphatic carbocycles. The number of hydrogen-bond donors (Lipinski definition) is 1. The summed E-state index contributed by atoms with van der Waals surface area (Å²) in [5.41, 5.74) is 2.66. The van der Waals surface area contributed by atoms with E-state index in [4.69, 9.17) is 16.0 Å². The van der Waals surface area contributed by atoms with Crippen molar-refractivity contribution in [2.45, 2.75) is 33.2 Å². The molecule has 0 aliphatic rings. The van der Waals surface area contributed by atoms with Crippen LogP contribution in [-0.2, 0) is 6.42 Å². The summed E-state index contributed by atoms with van der Waals surface area (Å²) in [6, 6.07) is 9.90. The normalized spacial score (nSPS) is 12.2. The Morgan fingerprint density at radius 3 is 2.38 bits per heavy atom. The highest BCUT2D eigenvalue weighted by Gasteiger charge is 2.21. The highest BCUT2D eigenvalue weighted by atomic mass is 35.5. The third-order valence-corrected chi connectivity index (χ3v) is 4.01. The number of nitrogens with one attached hydrogen (secondary N) is 1. The van der Waals surface area contributed by atoms with Crippen molar-refractivity contribution in [3.05, 3.63) is 58.5 Å². The maximum Gasteiger partial charge on any atom is 0.255 e. The molecule has 3 nitrogen and oxygen atoms in total. The van der Waals surface area contributed by atoms with E-state index in [0.29, 0.717) is 23.6 Å². The number of benzene rings is 1. The second kappa shape index (κ2) is 6.81. The summed E-state index contributed by atoms with van der Waals surface area (Å²) >= 11 is 6.00. The van der Waals surface area contributed by atoms with E-state index in [9.17, 15) is 4.79 Å². The SMILES string of the molecule is Cc1oc(C)c(C(=O)NC(CCl)Cc2ccccc2)c1C. The monoisotopic (exact) mass is 305 g/mol. The van der Waals surface area contributed by atoms with Crippen LogP contribution in [0.3, 0.4) is 0 Å². The van der Waals surface area contributed by atoms with Crippen molar-refractivity contribution in [3.63, 3.8) is 0 Å². The molecule has 0 radical (unpaired) electrons. The highest BCUT2D eigenvalue weighted by molar-refractivity contribution is 6.18. The molecule has 2 aromatic rings. The largest absolute Gasteiger partial charge is 0.466 e. The van der Waals surface area contributed by atoms with E-state index in [2.05, 4.69) is 5.32 Å². The van der Waals surface area contributed by atoms with Crippen LogP contribution in [0.5, 0.6) is 0 Å². The zero-order valence-corrected chi connectivity index (χ0v) is 13.3. The van der Waals surface area contributed by atoms with Crippen molar-refractivity contribution >= 4 is 17.5 Å². The van der Waals surface area contributed by atoms with E-state index in [1.165, 1.54) is 0 Å². The number of hydrogen-bond acceptors (Lipinski definition) is 2. The second-order valence-corrected chi connectivity index (χ2v) is 5.54. The van der Waals surface area contributed by atoms with Crippen molar-refractivity contribution in [3.8, 4) is 0 Å². The van der Waals surface area contributed by atoms with Gasteiger partial charge in [0.15, 0.2) is 0 Å². The predicted molar refractivity (Wildman–Crippen MR) is 85.0 cm³/mol. The van der Waals surface area contributed by atoms with Crippen LogP contribution in [-0.4, -0.2) is 17.8 Å². The predicted octanol–water partition coefficient (Wildman–Crippen LogP) is 3.78. The van der Waals surface area contributed by atoms with E-state index in [1.54, 1.807) is 0 Å². The molecule has 1 aromatic carbocycles. The molecule has 0 bridgehead atoms. The van der Waals surface area contributed by atoms with Crippen molar-refractivity contribution < 1.29 is 9.21 Å². The molecule has 0 spiro atoms. The standard InChI is InChI=1S/C17H20ClNO2/c1-11-12(2)21-13(3)16(11)17(20)19-15(10-18)9-14-7-5-4-6-8-14/h4-8,15H,9-10H2,1-3H3,(H,19,20). The fraction of sp³-hybridized carbons (Fsp3) is 0.353. The first-order valence-corrected chi connectivity index (χ1v) is 7.53. The van der Waals surface area contributed by atoms with Crippen LogP contribution in [0, 0.1) is 20.8 Å². The Labute approximate surface area is 130 Å². The van der Waals surface area contributed by atoms with Crippen LogP contribution >= 0.6 is 11.6 Å². The number of alkyl halides is 1. The van der Waals surface area contributed by atoms with Gasteiger partial charge in [0.05, 0.1) is 5.56 Å². The minimum Gasteiger partial charge on any atom is -0.466 e. The molecule has 112 valence electrons. The maximum atomic E-state index is 12.4. The summed E-state index contributed by atoms with van der Waals surface area (Å²) < 4.78 is 5.51. The first kappa shape index (κ1) is 15.6. The summed E-state index contributed by atoms with van der Waals surface area (Å²) in [4.78, 5) is 12.4. The van der Waals surface area contributed by atoms with Crippen molar-refractivity contribution in [1.82, 2.24) is 5.32 Å². The molecular weight excluding hydrogens is 286 g/mol. The number of aryl methyl sites for hydroxylation is 2. The van der Waals surface area contributed by atoms with Crippen LogP contribution in [0.15, 0.2) is 34.7 Å². The van der Waals surface area contributed by atoms with Gasteiger partial charge in [-0.15, -0.1) is 11.6 Å². The van der Waals surface area contributed by atoms with Crippen LogP contribution < -0.4 is 5.32 Å². The van der Waals surface area contributed by atoms with E-state index >= 15 is 0 Å². The van der Waals surface area contributed by atoms with Gasteiger partial charge in [-0.05, 0) is 32.8 Å². The second-order valence-electron chi connectivity index (χ2n) is 5.23. The Morgan fingerprint density at radius 2 is 1.86 bits per heavy atom. The van der Waals surface area contributed by atoms with E-state index in [1.807, 2.05) is 51.1 Å². The van der Waals surface area contributed by atoms with Crippen LogP contribution in [0.25, 0.3) is 0 Å². The molecule has 2 rings (SSSR count). The lowest BCUT2D eigenvalue weighted by Crippen LogP contribution is -2.38. The third-order valence-electron chi connectivity index (χ3n) is 3.63. The first-order chi connectivity index (χ1) is 10.0. The number of furan rings is 1. The zero-order chi connectivity index (χ0) is 15.4. The molecule has 4 heteroatoms. The van der Waals surface area contributed by atoms with Crippen LogP contribution in [0.1, 0.15) is 33.0 Å². The van der Waals surface area contributed by atoms with E-state index in [0.717, 1.165) is 16.9 Å². The summed E-state index contributed by atoms with van der Waals surface area (Å²) in [5.74, 6) is 1.68. The number of carbonyl (C=O) groups is 1. The van der Waals surface area contributed by atoms with E-state index in [-0.39, 0.29) is 11.9 Å². The average Bonchev–Trinajstić information content (AvgIpc) is 2.72. The fourth-order valence-corrected chi connectivity index (χ4v) is 2.61. The number of amides is 1. The van der Waals surface area contributed by atoms with Gasteiger partial charge >= 0.3 is 0 Å². The van der Waals surface area contributed by atoms with Crippen molar-refractivity contribution in [2.24, 2.45) is 0 Å². The number of halogens is 1. The molecule has 0 aliphatic heterocycles. The van der Waals surface area contributed by atoms with Gasteiger partial charge in [0, 0.05) is 17.5 Å². The summed E-state index contributed by atoms with van der Waals surface area (Å²) in [7, 11) is 0.